The highest BCUT2D eigenvalue weighted by Crippen LogP contribution is 2.29. The summed E-state index contributed by atoms with van der Waals surface area (Å²) in [4.78, 5) is 12.1. The minimum atomic E-state index is 0.0225. The lowest BCUT2D eigenvalue weighted by atomic mass is 9.80. The molecule has 1 atom stereocenters. The van der Waals surface area contributed by atoms with Crippen LogP contribution < -0.4 is 5.32 Å². The van der Waals surface area contributed by atoms with E-state index < -0.39 is 0 Å². The van der Waals surface area contributed by atoms with Crippen LogP contribution in [0.15, 0.2) is 0 Å². The Labute approximate surface area is 118 Å². The van der Waals surface area contributed by atoms with E-state index in [9.17, 15) is 4.79 Å². The van der Waals surface area contributed by atoms with Gasteiger partial charge in [-0.2, -0.15) is 5.10 Å². The van der Waals surface area contributed by atoms with Gasteiger partial charge >= 0.3 is 0 Å². The summed E-state index contributed by atoms with van der Waals surface area (Å²) in [5.74, 6) is 1.53. The molecule has 6 heteroatoms. The molecule has 1 saturated carbocycles. The number of hydrogen-bond acceptors (Lipinski definition) is 3. The second-order valence-corrected chi connectivity index (χ2v) is 5.72. The van der Waals surface area contributed by atoms with Crippen molar-refractivity contribution in [2.45, 2.75) is 58.5 Å². The van der Waals surface area contributed by atoms with E-state index in [-0.39, 0.29) is 18.5 Å². The maximum absolute atomic E-state index is 12.1. The van der Waals surface area contributed by atoms with Crippen LogP contribution in [0.1, 0.15) is 45.4 Å². The number of carbonyl (C=O) groups excluding carboxylic acids is 1. The van der Waals surface area contributed by atoms with Crippen molar-refractivity contribution in [1.29, 1.82) is 0 Å². The minimum absolute atomic E-state index is 0.0225. The summed E-state index contributed by atoms with van der Waals surface area (Å²) in [5, 5.41) is 10.00. The van der Waals surface area contributed by atoms with E-state index in [1.54, 1.807) is 4.57 Å². The molecular formula is C13H22N4OS. The lowest BCUT2D eigenvalue weighted by Crippen LogP contribution is -2.42. The van der Waals surface area contributed by atoms with Crippen molar-refractivity contribution in [2.75, 3.05) is 0 Å². The van der Waals surface area contributed by atoms with E-state index in [1.807, 2.05) is 0 Å². The van der Waals surface area contributed by atoms with Gasteiger partial charge in [-0.25, -0.2) is 0 Å². The Morgan fingerprint density at radius 2 is 2.37 bits per heavy atom. The minimum Gasteiger partial charge on any atom is -0.352 e. The molecule has 0 radical (unpaired) electrons. The van der Waals surface area contributed by atoms with Crippen LogP contribution in [-0.4, -0.2) is 26.7 Å². The van der Waals surface area contributed by atoms with Gasteiger partial charge in [0, 0.05) is 12.5 Å². The van der Waals surface area contributed by atoms with E-state index in [1.165, 1.54) is 19.3 Å². The molecule has 1 fully saturated rings. The quantitative estimate of drug-likeness (QED) is 0.786. The highest BCUT2D eigenvalue weighted by molar-refractivity contribution is 7.71. The average molecular weight is 282 g/mol. The van der Waals surface area contributed by atoms with Crippen molar-refractivity contribution >= 4 is 18.1 Å². The fraction of sp³-hybridized carbons (Fsp3) is 0.769. The number of carbonyl (C=O) groups is 1. The summed E-state index contributed by atoms with van der Waals surface area (Å²) in [5.41, 5.74) is 0. The fourth-order valence-corrected chi connectivity index (χ4v) is 2.64. The third-order valence-electron chi connectivity index (χ3n) is 3.86. The Hall–Kier alpha value is -1.17. The number of hydrogen-bond donors (Lipinski definition) is 2. The van der Waals surface area contributed by atoms with Crippen molar-refractivity contribution in [3.8, 4) is 0 Å². The van der Waals surface area contributed by atoms with Gasteiger partial charge in [-0.1, -0.05) is 13.3 Å². The van der Waals surface area contributed by atoms with Crippen LogP contribution in [-0.2, 0) is 17.8 Å². The normalized spacial score (nSPS) is 16.9. The Bertz CT molecular complexity index is 489. The second-order valence-electron chi connectivity index (χ2n) is 5.33. The van der Waals surface area contributed by atoms with E-state index >= 15 is 0 Å². The van der Waals surface area contributed by atoms with Crippen molar-refractivity contribution in [2.24, 2.45) is 5.92 Å². The van der Waals surface area contributed by atoms with Gasteiger partial charge in [0.05, 0.1) is 0 Å². The molecule has 1 aromatic rings. The van der Waals surface area contributed by atoms with Gasteiger partial charge < -0.3 is 5.32 Å². The van der Waals surface area contributed by atoms with Gasteiger partial charge in [-0.3, -0.25) is 14.5 Å². The molecule has 0 aliphatic heterocycles. The monoisotopic (exact) mass is 282 g/mol. The SMILES string of the molecule is CCCc1n[nH]c(=S)n1CC(=O)N[C@@H](C)C1CCC1. The largest absolute Gasteiger partial charge is 0.352 e. The summed E-state index contributed by atoms with van der Waals surface area (Å²) in [6.45, 7) is 4.44. The zero-order valence-corrected chi connectivity index (χ0v) is 12.4. The molecule has 2 rings (SSSR count). The molecule has 0 unspecified atom stereocenters. The summed E-state index contributed by atoms with van der Waals surface area (Å²) in [6, 6.07) is 0.261. The number of rotatable bonds is 6. The smallest absolute Gasteiger partial charge is 0.240 e. The van der Waals surface area contributed by atoms with Crippen molar-refractivity contribution in [3.05, 3.63) is 10.6 Å². The van der Waals surface area contributed by atoms with Crippen LogP contribution in [0.3, 0.4) is 0 Å². The summed E-state index contributed by atoms with van der Waals surface area (Å²) < 4.78 is 2.32. The van der Waals surface area contributed by atoms with Crippen LogP contribution in [0, 0.1) is 10.7 Å². The first-order valence-corrected chi connectivity index (χ1v) is 7.46. The Balaban J connectivity index is 1.94. The standard InChI is InChI=1S/C13H22N4OS/c1-3-5-11-15-16-13(19)17(11)8-12(18)14-9(2)10-6-4-7-10/h9-10H,3-8H2,1-2H3,(H,14,18)(H,16,19)/t9-/m0/s1. The van der Waals surface area contributed by atoms with Crippen molar-refractivity contribution < 1.29 is 4.79 Å². The number of amides is 1. The topological polar surface area (TPSA) is 62.7 Å². The Morgan fingerprint density at radius 3 is 2.95 bits per heavy atom. The van der Waals surface area contributed by atoms with Gasteiger partial charge in [0.2, 0.25) is 5.91 Å². The highest BCUT2D eigenvalue weighted by atomic mass is 32.1. The first kappa shape index (κ1) is 14.2. The van der Waals surface area contributed by atoms with Crippen LogP contribution in [0.25, 0.3) is 0 Å². The number of aromatic amines is 1. The third-order valence-corrected chi connectivity index (χ3v) is 4.17. The molecule has 2 N–H and O–H groups in total. The number of aromatic nitrogens is 3. The van der Waals surface area contributed by atoms with Gasteiger partial charge in [-0.05, 0) is 44.3 Å². The molecule has 0 aromatic carbocycles. The fourth-order valence-electron chi connectivity index (χ4n) is 2.43. The maximum Gasteiger partial charge on any atom is 0.240 e. The molecule has 1 aliphatic carbocycles. The van der Waals surface area contributed by atoms with Crippen LogP contribution >= 0.6 is 12.2 Å². The molecule has 106 valence electrons. The van der Waals surface area contributed by atoms with E-state index in [0.29, 0.717) is 10.7 Å². The molecule has 0 bridgehead atoms. The lowest BCUT2D eigenvalue weighted by molar-refractivity contribution is -0.122. The molecule has 1 aromatic heterocycles. The van der Waals surface area contributed by atoms with Gasteiger partial charge in [0.15, 0.2) is 4.77 Å². The molecule has 0 spiro atoms. The third kappa shape index (κ3) is 3.43. The molecule has 19 heavy (non-hydrogen) atoms. The summed E-state index contributed by atoms with van der Waals surface area (Å²) in [7, 11) is 0. The average Bonchev–Trinajstić information content (AvgIpc) is 2.59. The number of H-pyrrole nitrogens is 1. The van der Waals surface area contributed by atoms with Gasteiger partial charge in [-0.15, -0.1) is 0 Å². The molecular weight excluding hydrogens is 260 g/mol. The number of nitrogens with one attached hydrogen (secondary N) is 2. The van der Waals surface area contributed by atoms with Gasteiger partial charge in [0.25, 0.3) is 0 Å². The Kier molecular flexibility index (Phi) is 4.74. The zero-order chi connectivity index (χ0) is 13.8. The molecule has 1 aliphatic rings. The van der Waals surface area contributed by atoms with Crippen molar-refractivity contribution in [3.63, 3.8) is 0 Å². The predicted octanol–water partition coefficient (Wildman–Crippen LogP) is 2.20. The first-order valence-electron chi connectivity index (χ1n) is 7.05. The summed E-state index contributed by atoms with van der Waals surface area (Å²) >= 11 is 5.17. The Morgan fingerprint density at radius 1 is 1.63 bits per heavy atom. The van der Waals surface area contributed by atoms with Crippen LogP contribution in [0.2, 0.25) is 0 Å². The maximum atomic E-state index is 12.1. The molecule has 5 nitrogen and oxygen atoms in total. The van der Waals surface area contributed by atoms with E-state index in [4.69, 9.17) is 12.2 Å². The first-order chi connectivity index (χ1) is 9.11. The van der Waals surface area contributed by atoms with E-state index in [2.05, 4.69) is 29.4 Å². The number of aryl methyl sites for hydroxylation is 1. The number of nitrogens with zero attached hydrogens (tertiary/aromatic N) is 2. The van der Waals surface area contributed by atoms with Crippen molar-refractivity contribution in [1.82, 2.24) is 20.1 Å². The van der Waals surface area contributed by atoms with E-state index in [0.717, 1.165) is 18.7 Å². The predicted molar refractivity (Wildman–Crippen MR) is 76.4 cm³/mol. The lowest BCUT2D eigenvalue weighted by Gasteiger charge is -2.31. The summed E-state index contributed by atoms with van der Waals surface area (Å²) in [6.07, 6.45) is 5.57. The second kappa shape index (κ2) is 6.32. The molecule has 1 heterocycles. The molecule has 1 amide bonds. The van der Waals surface area contributed by atoms with Crippen LogP contribution in [0.4, 0.5) is 0 Å². The van der Waals surface area contributed by atoms with Crippen LogP contribution in [0.5, 0.6) is 0 Å². The van der Waals surface area contributed by atoms with Gasteiger partial charge in [0.1, 0.15) is 12.4 Å². The highest BCUT2D eigenvalue weighted by Gasteiger charge is 2.25. The zero-order valence-electron chi connectivity index (χ0n) is 11.6. The molecule has 0 saturated heterocycles.